The molecule has 2 aromatic carbocycles. The van der Waals surface area contributed by atoms with Gasteiger partial charge in [-0.15, -0.1) is 0 Å². The molecule has 0 aromatic heterocycles. The molecule has 2 aliphatic rings. The Morgan fingerprint density at radius 2 is 1.48 bits per heavy atom. The molecule has 0 radical (unpaired) electrons. The van der Waals surface area contributed by atoms with Crippen LogP contribution in [0.5, 0.6) is 0 Å². The van der Waals surface area contributed by atoms with E-state index >= 15 is 0 Å². The van der Waals surface area contributed by atoms with Crippen LogP contribution in [0.1, 0.15) is 44.2 Å². The largest absolute Gasteiger partial charge is 0.392 e. The van der Waals surface area contributed by atoms with Gasteiger partial charge < -0.3 is 9.84 Å². The summed E-state index contributed by atoms with van der Waals surface area (Å²) in [6.45, 7) is 4.67. The molecule has 0 heterocycles. The Morgan fingerprint density at radius 3 is 1.84 bits per heavy atom. The fourth-order valence-corrected chi connectivity index (χ4v) is 6.24. The molecule has 1 N–H and O–H groups in total. The third-order valence-electron chi connectivity index (χ3n) is 7.43. The maximum atomic E-state index is 11.3. The zero-order valence-corrected chi connectivity index (χ0v) is 15.4. The SMILES string of the molecule is COC(c1ccccc1)(c1ccccc1)[C@]12CC[C@H](C[C@H]1O)C2(C)C. The van der Waals surface area contributed by atoms with Gasteiger partial charge in [0, 0.05) is 12.5 Å². The Labute approximate surface area is 150 Å². The van der Waals surface area contributed by atoms with E-state index < -0.39 is 5.60 Å². The maximum absolute atomic E-state index is 11.3. The molecule has 2 heteroatoms. The normalized spacial score (nSPS) is 30.6. The first-order valence-corrected chi connectivity index (χ1v) is 9.35. The molecule has 0 spiro atoms. The molecule has 25 heavy (non-hydrogen) atoms. The molecule has 3 atom stereocenters. The van der Waals surface area contributed by atoms with Crippen LogP contribution in [0.3, 0.4) is 0 Å². The standard InChI is InChI=1S/C23H28O2/c1-21(2)19-14-15-22(21,20(24)16-19)23(25-3,17-10-6-4-7-11-17)18-12-8-5-9-13-18/h4-13,19-20,24H,14-16H2,1-3H3/t19-,20-,22-/m1/s1. The van der Waals surface area contributed by atoms with Crippen LogP contribution in [0.2, 0.25) is 0 Å². The predicted molar refractivity (Wildman–Crippen MR) is 100 cm³/mol. The first-order valence-electron chi connectivity index (χ1n) is 9.35. The van der Waals surface area contributed by atoms with Gasteiger partial charge in [0.25, 0.3) is 0 Å². The number of rotatable bonds is 4. The van der Waals surface area contributed by atoms with Crippen molar-refractivity contribution in [1.82, 2.24) is 0 Å². The van der Waals surface area contributed by atoms with E-state index in [0.717, 1.165) is 30.4 Å². The number of aliphatic hydroxyl groups excluding tert-OH is 1. The van der Waals surface area contributed by atoms with Crippen LogP contribution in [0.25, 0.3) is 0 Å². The van der Waals surface area contributed by atoms with Crippen LogP contribution in [0, 0.1) is 16.7 Å². The van der Waals surface area contributed by atoms with E-state index in [1.165, 1.54) is 0 Å². The zero-order chi connectivity index (χ0) is 17.7. The summed E-state index contributed by atoms with van der Waals surface area (Å²) in [5.41, 5.74) is 1.30. The molecule has 0 unspecified atom stereocenters. The van der Waals surface area contributed by atoms with Gasteiger partial charge in [0.05, 0.1) is 6.10 Å². The number of hydrogen-bond donors (Lipinski definition) is 1. The molecule has 0 saturated heterocycles. The average molecular weight is 336 g/mol. The van der Waals surface area contributed by atoms with Crippen molar-refractivity contribution in [2.75, 3.05) is 7.11 Å². The Hall–Kier alpha value is -1.64. The predicted octanol–water partition coefficient (Wildman–Crippen LogP) is 4.76. The molecular weight excluding hydrogens is 308 g/mol. The van der Waals surface area contributed by atoms with E-state index in [2.05, 4.69) is 62.4 Å². The van der Waals surface area contributed by atoms with E-state index in [9.17, 15) is 5.11 Å². The maximum Gasteiger partial charge on any atom is 0.126 e. The number of fused-ring (bicyclic) bond motifs is 2. The van der Waals surface area contributed by atoms with Crippen molar-refractivity contribution < 1.29 is 9.84 Å². The lowest BCUT2D eigenvalue weighted by molar-refractivity contribution is -0.170. The van der Waals surface area contributed by atoms with Crippen LogP contribution in [0.15, 0.2) is 60.7 Å². The topological polar surface area (TPSA) is 29.5 Å². The Bertz CT molecular complexity index is 698. The van der Waals surface area contributed by atoms with Crippen molar-refractivity contribution in [2.45, 2.75) is 44.8 Å². The fraction of sp³-hybridized carbons (Fsp3) is 0.478. The van der Waals surface area contributed by atoms with Crippen molar-refractivity contribution in [3.8, 4) is 0 Å². The van der Waals surface area contributed by atoms with Gasteiger partial charge in [-0.2, -0.15) is 0 Å². The van der Waals surface area contributed by atoms with E-state index in [1.807, 2.05) is 19.2 Å². The lowest BCUT2D eigenvalue weighted by atomic mass is 9.54. The molecule has 2 fully saturated rings. The molecule has 0 amide bonds. The Kier molecular flexibility index (Phi) is 3.82. The summed E-state index contributed by atoms with van der Waals surface area (Å²) in [6.07, 6.45) is 2.66. The quantitative estimate of drug-likeness (QED) is 0.872. The average Bonchev–Trinajstić information content (AvgIpc) is 3.01. The van der Waals surface area contributed by atoms with Crippen molar-refractivity contribution in [3.05, 3.63) is 71.8 Å². The summed E-state index contributed by atoms with van der Waals surface area (Å²) >= 11 is 0. The zero-order valence-electron chi connectivity index (χ0n) is 15.4. The van der Waals surface area contributed by atoms with Crippen molar-refractivity contribution in [3.63, 3.8) is 0 Å². The molecule has 2 nitrogen and oxygen atoms in total. The second kappa shape index (κ2) is 5.69. The van der Waals surface area contributed by atoms with Crippen LogP contribution >= 0.6 is 0 Å². The minimum Gasteiger partial charge on any atom is -0.392 e. The molecular formula is C23H28O2. The van der Waals surface area contributed by atoms with Gasteiger partial charge in [-0.25, -0.2) is 0 Å². The summed E-state index contributed by atoms with van der Waals surface area (Å²) < 4.78 is 6.46. The number of aliphatic hydroxyl groups is 1. The summed E-state index contributed by atoms with van der Waals surface area (Å²) in [4.78, 5) is 0. The minimum absolute atomic E-state index is 0.00805. The molecule has 4 rings (SSSR count). The van der Waals surface area contributed by atoms with Crippen LogP contribution in [-0.4, -0.2) is 18.3 Å². The first-order chi connectivity index (χ1) is 12.0. The van der Waals surface area contributed by atoms with Gasteiger partial charge in [0.1, 0.15) is 5.60 Å². The fourth-order valence-electron chi connectivity index (χ4n) is 6.24. The summed E-state index contributed by atoms with van der Waals surface area (Å²) in [6, 6.07) is 21.0. The third-order valence-corrected chi connectivity index (χ3v) is 7.43. The second-order valence-corrected chi connectivity index (χ2v) is 8.30. The minimum atomic E-state index is -0.649. The number of ether oxygens (including phenoxy) is 1. The summed E-state index contributed by atoms with van der Waals surface area (Å²) in [5.74, 6) is 0.546. The summed E-state index contributed by atoms with van der Waals surface area (Å²) in [5, 5.41) is 11.3. The molecule has 132 valence electrons. The van der Waals surface area contributed by atoms with E-state index in [0.29, 0.717) is 5.92 Å². The number of methoxy groups -OCH3 is 1. The lowest BCUT2D eigenvalue weighted by Crippen LogP contribution is -2.57. The number of hydrogen-bond acceptors (Lipinski definition) is 2. The highest BCUT2D eigenvalue weighted by atomic mass is 16.5. The highest BCUT2D eigenvalue weighted by Gasteiger charge is 2.73. The first kappa shape index (κ1) is 16.8. The Morgan fingerprint density at radius 1 is 0.960 bits per heavy atom. The Balaban J connectivity index is 2.06. The highest BCUT2D eigenvalue weighted by molar-refractivity contribution is 5.43. The molecule has 2 bridgehead atoms. The van der Waals surface area contributed by atoms with Crippen LogP contribution in [0.4, 0.5) is 0 Å². The van der Waals surface area contributed by atoms with Crippen molar-refractivity contribution in [1.29, 1.82) is 0 Å². The lowest BCUT2D eigenvalue weighted by Gasteiger charge is -2.55. The van der Waals surface area contributed by atoms with Gasteiger partial charge >= 0.3 is 0 Å². The summed E-state index contributed by atoms with van der Waals surface area (Å²) in [7, 11) is 1.81. The molecule has 2 saturated carbocycles. The molecule has 0 aliphatic heterocycles. The van der Waals surface area contributed by atoms with E-state index in [4.69, 9.17) is 4.74 Å². The van der Waals surface area contributed by atoms with Crippen molar-refractivity contribution >= 4 is 0 Å². The number of benzene rings is 2. The van der Waals surface area contributed by atoms with Gasteiger partial charge in [0.15, 0.2) is 0 Å². The van der Waals surface area contributed by atoms with E-state index in [1.54, 1.807) is 0 Å². The molecule has 2 aromatic rings. The smallest absolute Gasteiger partial charge is 0.126 e. The van der Waals surface area contributed by atoms with Gasteiger partial charge in [-0.3, -0.25) is 0 Å². The van der Waals surface area contributed by atoms with Crippen molar-refractivity contribution in [2.24, 2.45) is 16.7 Å². The van der Waals surface area contributed by atoms with Gasteiger partial charge in [-0.05, 0) is 41.7 Å². The van der Waals surface area contributed by atoms with Crippen LogP contribution < -0.4 is 0 Å². The van der Waals surface area contributed by atoms with Gasteiger partial charge in [0.2, 0.25) is 0 Å². The van der Waals surface area contributed by atoms with Gasteiger partial charge in [-0.1, -0.05) is 74.5 Å². The third kappa shape index (κ3) is 1.93. The highest BCUT2D eigenvalue weighted by Crippen LogP contribution is 2.73. The monoisotopic (exact) mass is 336 g/mol. The molecule has 2 aliphatic carbocycles. The second-order valence-electron chi connectivity index (χ2n) is 8.30. The van der Waals surface area contributed by atoms with Crippen LogP contribution in [-0.2, 0) is 10.3 Å². The van der Waals surface area contributed by atoms with E-state index in [-0.39, 0.29) is 16.9 Å².